The van der Waals surface area contributed by atoms with Crippen molar-refractivity contribution in [2.45, 2.75) is 11.1 Å². The second kappa shape index (κ2) is 9.97. The third kappa shape index (κ3) is 3.50. The topological polar surface area (TPSA) is 0 Å². The molecule has 2 aliphatic heterocycles. The fourth-order valence-corrected chi connectivity index (χ4v) is 25.9. The molecule has 0 aliphatic carbocycles. The van der Waals surface area contributed by atoms with E-state index in [-0.39, 0.29) is 41.3 Å². The monoisotopic (exact) mass is 540 g/mol. The molecule has 0 bridgehead atoms. The number of fused-ring (bicyclic) bond motifs is 1. The standard InChI is InChI=1S/C27H26P2.2ClH.Ni/c1-5-13-22(14-6-1)28(23-15-7-2-8-16-23)21-26-27(28)29(26,24-17-9-3-10-18-24)25-19-11-4-12-20-25;;;/h1-20,26-29H,21H2;2*1H;/q;;;+2/p-2. The van der Waals surface area contributed by atoms with Crippen LogP contribution in [0.3, 0.4) is 0 Å². The van der Waals surface area contributed by atoms with Gasteiger partial charge in [-0.3, -0.25) is 0 Å². The zero-order chi connectivity index (χ0) is 19.3. The Kier molecular flexibility index (Phi) is 7.93. The summed E-state index contributed by atoms with van der Waals surface area (Å²) >= 11 is 0. The maximum absolute atomic E-state index is 2.42. The van der Waals surface area contributed by atoms with Crippen LogP contribution in [0.1, 0.15) is 0 Å². The zero-order valence-corrected chi connectivity index (χ0v) is 22.0. The fraction of sp³-hybridized carbons (Fsp3) is 0.111. The predicted octanol–water partition coefficient (Wildman–Crippen LogP) is -1.48. The molecule has 0 aromatic heterocycles. The molecule has 2 heterocycles. The Morgan fingerprint density at radius 2 is 0.781 bits per heavy atom. The summed E-state index contributed by atoms with van der Waals surface area (Å²) in [4.78, 5) is 0. The van der Waals surface area contributed by atoms with Crippen molar-refractivity contribution in [1.29, 1.82) is 0 Å². The Morgan fingerprint density at radius 3 is 1.12 bits per heavy atom. The molecule has 168 valence electrons. The molecular weight excluding hydrogens is 516 g/mol. The van der Waals surface area contributed by atoms with Gasteiger partial charge in [-0.2, -0.15) is 0 Å². The van der Waals surface area contributed by atoms with Crippen molar-refractivity contribution in [3.8, 4) is 0 Å². The molecule has 0 amide bonds. The molecule has 0 N–H and O–H groups in total. The number of halogens is 2. The van der Waals surface area contributed by atoms with Crippen LogP contribution in [0.4, 0.5) is 0 Å². The van der Waals surface area contributed by atoms with Gasteiger partial charge in [0.15, 0.2) is 0 Å². The van der Waals surface area contributed by atoms with Crippen LogP contribution in [0.25, 0.3) is 0 Å². The molecule has 2 saturated heterocycles. The van der Waals surface area contributed by atoms with Gasteiger partial charge in [0, 0.05) is 0 Å². The van der Waals surface area contributed by atoms with Crippen LogP contribution in [0, 0.1) is 0 Å². The van der Waals surface area contributed by atoms with Crippen LogP contribution in [-0.4, -0.2) is 17.2 Å². The number of benzene rings is 4. The minimum atomic E-state index is -1.76. The van der Waals surface area contributed by atoms with E-state index in [1.807, 2.05) is 0 Å². The molecule has 32 heavy (non-hydrogen) atoms. The van der Waals surface area contributed by atoms with Crippen molar-refractivity contribution >= 4 is 35.7 Å². The molecule has 0 nitrogen and oxygen atoms in total. The second-order valence-corrected chi connectivity index (χ2v) is 17.6. The molecular formula is C27H26Cl2NiP2. The van der Waals surface area contributed by atoms with Gasteiger partial charge in [-0.1, -0.05) is 0 Å². The van der Waals surface area contributed by atoms with Crippen molar-refractivity contribution in [3.05, 3.63) is 121 Å². The van der Waals surface area contributed by atoms with E-state index >= 15 is 0 Å². The molecule has 2 aliphatic rings. The van der Waals surface area contributed by atoms with Crippen LogP contribution in [0.5, 0.6) is 0 Å². The summed E-state index contributed by atoms with van der Waals surface area (Å²) < 4.78 is 0. The van der Waals surface area contributed by atoms with Gasteiger partial charge in [0.25, 0.3) is 0 Å². The SMILES string of the molecule is [Cl-].[Cl-].[Ni+2].c1ccc([PH]2(c3ccccc3)CC3C2[PH]3(c2ccccc2)c2ccccc2)cc1. The summed E-state index contributed by atoms with van der Waals surface area (Å²) in [6.07, 6.45) is 1.40. The predicted molar refractivity (Wildman–Crippen MR) is 133 cm³/mol. The van der Waals surface area contributed by atoms with Crippen LogP contribution >= 0.6 is 14.5 Å². The van der Waals surface area contributed by atoms with E-state index in [2.05, 4.69) is 121 Å². The van der Waals surface area contributed by atoms with E-state index in [9.17, 15) is 0 Å². The summed E-state index contributed by atoms with van der Waals surface area (Å²) in [5, 5.41) is 7.41. The van der Waals surface area contributed by atoms with E-state index in [1.54, 1.807) is 21.2 Å². The molecule has 4 aromatic rings. The molecule has 6 rings (SSSR count). The van der Waals surface area contributed by atoms with Gasteiger partial charge in [0.2, 0.25) is 0 Å². The van der Waals surface area contributed by atoms with E-state index in [0.717, 1.165) is 11.1 Å². The van der Waals surface area contributed by atoms with Gasteiger partial charge in [0.1, 0.15) is 0 Å². The van der Waals surface area contributed by atoms with Gasteiger partial charge in [-0.05, 0) is 0 Å². The first kappa shape index (κ1) is 25.4. The Labute approximate surface area is 214 Å². The van der Waals surface area contributed by atoms with Crippen molar-refractivity contribution in [3.63, 3.8) is 0 Å². The quantitative estimate of drug-likeness (QED) is 0.218. The first-order valence-electron chi connectivity index (χ1n) is 10.6. The van der Waals surface area contributed by atoms with Gasteiger partial charge in [0.05, 0.1) is 0 Å². The van der Waals surface area contributed by atoms with Gasteiger partial charge in [-0.25, -0.2) is 0 Å². The molecule has 0 spiro atoms. The first-order chi connectivity index (χ1) is 14.4. The van der Waals surface area contributed by atoms with Crippen LogP contribution in [0.2, 0.25) is 0 Å². The molecule has 2 unspecified atom stereocenters. The Morgan fingerprint density at radius 1 is 0.469 bits per heavy atom. The molecule has 4 aromatic carbocycles. The number of rotatable bonds is 4. The van der Waals surface area contributed by atoms with Crippen molar-refractivity contribution in [2.24, 2.45) is 0 Å². The molecule has 2 fully saturated rings. The Balaban J connectivity index is 0.000000963. The van der Waals surface area contributed by atoms with Crippen LogP contribution in [-0.2, 0) is 16.5 Å². The normalized spacial score (nSPS) is 22.8. The van der Waals surface area contributed by atoms with Gasteiger partial charge < -0.3 is 24.8 Å². The summed E-state index contributed by atoms with van der Waals surface area (Å²) in [5.41, 5.74) is 0.888. The average Bonchev–Trinajstić information content (AvgIpc) is 3.38. The van der Waals surface area contributed by atoms with E-state index < -0.39 is 14.5 Å². The number of hydrogen-bond acceptors (Lipinski definition) is 0. The number of hydrogen-bond donors (Lipinski definition) is 0. The summed E-state index contributed by atoms with van der Waals surface area (Å²) in [5.74, 6) is 0. The Hall–Kier alpha value is -1.19. The molecule has 0 saturated carbocycles. The van der Waals surface area contributed by atoms with Gasteiger partial charge in [-0.15, -0.1) is 0 Å². The van der Waals surface area contributed by atoms with Gasteiger partial charge >= 0.3 is 191 Å². The summed E-state index contributed by atoms with van der Waals surface area (Å²) in [7, 11) is -3.50. The molecule has 5 heteroatoms. The second-order valence-electron chi connectivity index (χ2n) is 8.59. The summed E-state index contributed by atoms with van der Waals surface area (Å²) in [6, 6.07) is 46.0. The van der Waals surface area contributed by atoms with E-state index in [1.165, 1.54) is 6.16 Å². The summed E-state index contributed by atoms with van der Waals surface area (Å²) in [6.45, 7) is 0. The van der Waals surface area contributed by atoms with Crippen LogP contribution < -0.4 is 46.0 Å². The first-order valence-corrected chi connectivity index (χ1v) is 15.0. The Bertz CT molecular complexity index is 979. The van der Waals surface area contributed by atoms with Crippen LogP contribution in [0.15, 0.2) is 121 Å². The van der Waals surface area contributed by atoms with Crippen molar-refractivity contribution < 1.29 is 41.3 Å². The third-order valence-electron chi connectivity index (χ3n) is 7.52. The fourth-order valence-electron chi connectivity index (χ4n) is 6.40. The molecule has 2 atom stereocenters. The average molecular weight is 542 g/mol. The van der Waals surface area contributed by atoms with E-state index in [0.29, 0.717) is 0 Å². The van der Waals surface area contributed by atoms with Crippen molar-refractivity contribution in [2.75, 3.05) is 6.16 Å². The third-order valence-corrected chi connectivity index (χ3v) is 21.7. The van der Waals surface area contributed by atoms with E-state index in [4.69, 9.17) is 0 Å². The molecule has 0 radical (unpaired) electrons. The maximum atomic E-state index is 2.42. The zero-order valence-electron chi connectivity index (χ0n) is 17.5. The van der Waals surface area contributed by atoms with Crippen molar-refractivity contribution in [1.82, 2.24) is 0 Å². The minimum absolute atomic E-state index is 0.